The van der Waals surface area contributed by atoms with E-state index in [-0.39, 0.29) is 12.5 Å². The first-order chi connectivity index (χ1) is 19.6. The number of aromatic nitrogens is 4. The molecule has 1 fully saturated rings. The molecule has 11 nitrogen and oxygen atoms in total. The van der Waals surface area contributed by atoms with Crippen LogP contribution in [-0.4, -0.2) is 88.6 Å². The lowest BCUT2D eigenvalue weighted by molar-refractivity contribution is -0.0580. The Labute approximate surface area is 233 Å². The van der Waals surface area contributed by atoms with Gasteiger partial charge in [-0.15, -0.1) is 0 Å². The van der Waals surface area contributed by atoms with Gasteiger partial charge < -0.3 is 35.1 Å². The summed E-state index contributed by atoms with van der Waals surface area (Å²) in [7, 11) is 3.17. The molecule has 1 saturated heterocycles. The molecule has 0 spiro atoms. The van der Waals surface area contributed by atoms with Crippen LogP contribution in [0, 0.1) is 0 Å². The Hall–Kier alpha value is -3.45. The van der Waals surface area contributed by atoms with Gasteiger partial charge in [-0.3, -0.25) is 4.57 Å². The Morgan fingerprint density at radius 1 is 0.950 bits per heavy atom. The minimum Gasteiger partial charge on any atom is -0.387 e. The number of nitrogens with one attached hydrogen (secondary N) is 2. The molecule has 4 N–H and O–H groups in total. The number of methoxy groups -OCH3 is 2. The maximum atomic E-state index is 10.8. The molecule has 0 amide bonds. The monoisotopic (exact) mass is 548 g/mol. The van der Waals surface area contributed by atoms with Crippen LogP contribution in [0.1, 0.15) is 29.1 Å². The number of ether oxygens (including phenoxy) is 3. The van der Waals surface area contributed by atoms with Crippen LogP contribution in [0.5, 0.6) is 0 Å². The van der Waals surface area contributed by atoms with Crippen LogP contribution in [0.2, 0.25) is 0 Å². The normalized spacial score (nSPS) is 20.9. The van der Waals surface area contributed by atoms with E-state index in [0.717, 1.165) is 0 Å². The zero-order valence-electron chi connectivity index (χ0n) is 22.7. The van der Waals surface area contributed by atoms with Gasteiger partial charge in [-0.1, -0.05) is 60.7 Å². The number of aliphatic hydroxyl groups excluding tert-OH is 2. The molecular weight excluding hydrogens is 512 g/mol. The van der Waals surface area contributed by atoms with Crippen LogP contribution in [-0.2, 0) is 20.8 Å². The fourth-order valence-corrected chi connectivity index (χ4v) is 4.98. The van der Waals surface area contributed by atoms with Gasteiger partial charge in [0, 0.05) is 33.2 Å². The van der Waals surface area contributed by atoms with E-state index in [9.17, 15) is 10.2 Å². The van der Waals surface area contributed by atoms with Crippen molar-refractivity contribution in [1.82, 2.24) is 24.8 Å². The summed E-state index contributed by atoms with van der Waals surface area (Å²) in [5.74, 6) is 1.19. The summed E-state index contributed by atoms with van der Waals surface area (Å²) in [6.45, 7) is 2.32. The fourth-order valence-electron chi connectivity index (χ4n) is 4.98. The zero-order valence-corrected chi connectivity index (χ0v) is 22.7. The highest BCUT2D eigenvalue weighted by Crippen LogP contribution is 2.33. The van der Waals surface area contributed by atoms with Gasteiger partial charge in [-0.05, 0) is 11.1 Å². The van der Waals surface area contributed by atoms with Gasteiger partial charge in [0.1, 0.15) is 24.1 Å². The van der Waals surface area contributed by atoms with Crippen LogP contribution in [0.25, 0.3) is 11.2 Å². The van der Waals surface area contributed by atoms with Gasteiger partial charge in [-0.25, -0.2) is 15.0 Å². The average molecular weight is 549 g/mol. The Kier molecular flexibility index (Phi) is 9.32. The first-order valence-corrected chi connectivity index (χ1v) is 13.4. The maximum absolute atomic E-state index is 10.8. The highest BCUT2D eigenvalue weighted by molar-refractivity contribution is 5.83. The lowest BCUT2D eigenvalue weighted by Crippen LogP contribution is -2.33. The number of hydrogen-bond donors (Lipinski definition) is 4. The van der Waals surface area contributed by atoms with Crippen molar-refractivity contribution in [3.63, 3.8) is 0 Å². The van der Waals surface area contributed by atoms with Gasteiger partial charge in [-0.2, -0.15) is 0 Å². The van der Waals surface area contributed by atoms with Crippen molar-refractivity contribution in [2.75, 3.05) is 45.8 Å². The predicted molar refractivity (Wildman–Crippen MR) is 150 cm³/mol. The topological polar surface area (TPSA) is 136 Å². The summed E-state index contributed by atoms with van der Waals surface area (Å²) in [6.07, 6.45) is -2.26. The highest BCUT2D eigenvalue weighted by Gasteiger charge is 2.44. The largest absolute Gasteiger partial charge is 0.387 e. The van der Waals surface area contributed by atoms with E-state index in [4.69, 9.17) is 24.2 Å². The number of hydrogen-bond acceptors (Lipinski definition) is 10. The SMILES string of the molecule is COCCNCc1nc(NCC(c2ccccc2)c2ccccc2)c2ncn([C@@H]3O[C@H](COC)[C@@H](O)[C@H]3O)c2n1. The van der Waals surface area contributed by atoms with Crippen LogP contribution < -0.4 is 10.6 Å². The smallest absolute Gasteiger partial charge is 0.168 e. The third-order valence-electron chi connectivity index (χ3n) is 7.05. The summed E-state index contributed by atoms with van der Waals surface area (Å²) < 4.78 is 17.9. The summed E-state index contributed by atoms with van der Waals surface area (Å²) in [5, 5.41) is 28.1. The Balaban J connectivity index is 1.47. The molecular formula is C29H36N6O5. The average Bonchev–Trinajstić information content (AvgIpc) is 3.53. The molecule has 0 bridgehead atoms. The molecule has 0 radical (unpaired) electrons. The van der Waals surface area contributed by atoms with Crippen molar-refractivity contribution in [2.45, 2.75) is 37.0 Å². The molecule has 2 aromatic heterocycles. The first kappa shape index (κ1) is 28.1. The number of nitrogens with zero attached hydrogens (tertiary/aromatic N) is 4. The minimum atomic E-state index is -1.17. The van der Waals surface area contributed by atoms with Crippen LogP contribution >= 0.6 is 0 Å². The summed E-state index contributed by atoms with van der Waals surface area (Å²) in [6, 6.07) is 20.7. The highest BCUT2D eigenvalue weighted by atomic mass is 16.6. The van der Waals surface area contributed by atoms with E-state index in [1.807, 2.05) is 36.4 Å². The molecule has 4 aromatic rings. The number of imidazole rings is 1. The van der Waals surface area contributed by atoms with Gasteiger partial charge in [0.2, 0.25) is 0 Å². The second-order valence-electron chi connectivity index (χ2n) is 9.74. The summed E-state index contributed by atoms with van der Waals surface area (Å²) in [4.78, 5) is 14.2. The van der Waals surface area contributed by atoms with Gasteiger partial charge >= 0.3 is 0 Å². The van der Waals surface area contributed by atoms with Crippen molar-refractivity contribution in [1.29, 1.82) is 0 Å². The number of fused-ring (bicyclic) bond motifs is 1. The third-order valence-corrected chi connectivity index (χ3v) is 7.05. The Morgan fingerprint density at radius 2 is 1.65 bits per heavy atom. The standard InChI is InChI=1S/C29H36N6O5/c1-38-14-13-30-16-23-33-27(31-15-21(19-9-5-3-6-10-19)20-11-7-4-8-12-20)24-28(34-23)35(18-32-24)29-26(37)25(36)22(40-29)17-39-2/h3-12,18,21-22,25-26,29-30,36-37H,13-17H2,1-2H3,(H,31,33,34)/t22-,25-,26-,29-/m1/s1. The molecule has 2 aromatic carbocycles. The van der Waals surface area contributed by atoms with Crippen LogP contribution in [0.15, 0.2) is 67.0 Å². The Bertz CT molecular complexity index is 1320. The van der Waals surface area contributed by atoms with E-state index < -0.39 is 24.5 Å². The second kappa shape index (κ2) is 13.3. The third kappa shape index (κ3) is 6.15. The van der Waals surface area contributed by atoms with Gasteiger partial charge in [0.05, 0.1) is 26.1 Å². The van der Waals surface area contributed by atoms with E-state index in [1.54, 1.807) is 18.0 Å². The number of benzene rings is 2. The van der Waals surface area contributed by atoms with Crippen molar-refractivity contribution >= 4 is 17.0 Å². The fraction of sp³-hybridized carbons (Fsp3) is 0.414. The van der Waals surface area contributed by atoms with Crippen molar-refractivity contribution in [2.24, 2.45) is 0 Å². The molecule has 0 unspecified atom stereocenters. The van der Waals surface area contributed by atoms with E-state index in [1.165, 1.54) is 18.2 Å². The molecule has 3 heterocycles. The molecule has 0 aliphatic carbocycles. The lowest BCUT2D eigenvalue weighted by atomic mass is 9.91. The Morgan fingerprint density at radius 3 is 2.30 bits per heavy atom. The molecule has 0 saturated carbocycles. The molecule has 212 valence electrons. The maximum Gasteiger partial charge on any atom is 0.168 e. The minimum absolute atomic E-state index is 0.0720. The number of aliphatic hydroxyl groups is 2. The van der Waals surface area contributed by atoms with Crippen LogP contribution in [0.4, 0.5) is 5.82 Å². The van der Waals surface area contributed by atoms with Gasteiger partial charge in [0.15, 0.2) is 23.2 Å². The molecule has 11 heteroatoms. The van der Waals surface area contributed by atoms with Crippen molar-refractivity contribution in [3.8, 4) is 0 Å². The second-order valence-corrected chi connectivity index (χ2v) is 9.74. The first-order valence-electron chi connectivity index (χ1n) is 13.4. The van der Waals surface area contributed by atoms with Crippen LogP contribution in [0.3, 0.4) is 0 Å². The van der Waals surface area contributed by atoms with E-state index in [2.05, 4.69) is 39.9 Å². The summed E-state index contributed by atoms with van der Waals surface area (Å²) in [5.41, 5.74) is 3.39. The van der Waals surface area contributed by atoms with E-state index >= 15 is 0 Å². The molecule has 4 atom stereocenters. The molecule has 1 aliphatic heterocycles. The summed E-state index contributed by atoms with van der Waals surface area (Å²) >= 11 is 0. The van der Waals surface area contributed by atoms with Crippen molar-refractivity contribution < 1.29 is 24.4 Å². The zero-order chi connectivity index (χ0) is 27.9. The molecule has 1 aliphatic rings. The molecule has 5 rings (SSSR count). The lowest BCUT2D eigenvalue weighted by Gasteiger charge is -2.20. The van der Waals surface area contributed by atoms with Crippen molar-refractivity contribution in [3.05, 3.63) is 83.9 Å². The predicted octanol–water partition coefficient (Wildman–Crippen LogP) is 2.07. The molecule has 40 heavy (non-hydrogen) atoms. The number of anilines is 1. The van der Waals surface area contributed by atoms with Gasteiger partial charge in [0.25, 0.3) is 0 Å². The quantitative estimate of drug-likeness (QED) is 0.184. The number of rotatable bonds is 13. The van der Waals surface area contributed by atoms with E-state index in [0.29, 0.717) is 49.0 Å².